The first-order valence-electron chi connectivity index (χ1n) is 5.52. The second-order valence-electron chi connectivity index (χ2n) is 4.55. The monoisotopic (exact) mass is 211 g/mol. The van der Waals surface area contributed by atoms with E-state index in [2.05, 4.69) is 0 Å². The Labute approximate surface area is 94.1 Å². The van der Waals surface area contributed by atoms with Crippen molar-refractivity contribution in [1.29, 1.82) is 0 Å². The van der Waals surface area contributed by atoms with Crippen molar-refractivity contribution in [1.82, 2.24) is 0 Å². The van der Waals surface area contributed by atoms with Gasteiger partial charge in [-0.1, -0.05) is 36.4 Å². The maximum absolute atomic E-state index is 12.0. The van der Waals surface area contributed by atoms with Crippen molar-refractivity contribution < 1.29 is 4.79 Å². The molecule has 0 radical (unpaired) electrons. The summed E-state index contributed by atoms with van der Waals surface area (Å²) in [6, 6.07) is 13.8. The zero-order valence-corrected chi connectivity index (χ0v) is 8.94. The van der Waals surface area contributed by atoms with Crippen LogP contribution in [0, 0.1) is 0 Å². The molecule has 1 saturated carbocycles. The molecule has 16 heavy (non-hydrogen) atoms. The number of carbonyl (C=O) groups is 1. The normalized spacial score (nSPS) is 17.3. The summed E-state index contributed by atoms with van der Waals surface area (Å²) < 4.78 is 0. The van der Waals surface area contributed by atoms with Gasteiger partial charge >= 0.3 is 0 Å². The topological polar surface area (TPSA) is 43.1 Å². The van der Waals surface area contributed by atoms with Gasteiger partial charge in [-0.2, -0.15) is 0 Å². The average molecular weight is 211 g/mol. The number of hydrogen-bond donors (Lipinski definition) is 1. The number of rotatable bonds is 2. The smallest absolute Gasteiger partial charge is 0.182 e. The van der Waals surface area contributed by atoms with Crippen LogP contribution in [-0.4, -0.2) is 11.3 Å². The second kappa shape index (κ2) is 3.16. The summed E-state index contributed by atoms with van der Waals surface area (Å²) in [6.07, 6.45) is 1.64. The van der Waals surface area contributed by atoms with Gasteiger partial charge in [0.15, 0.2) is 5.78 Å². The molecule has 2 aromatic rings. The van der Waals surface area contributed by atoms with E-state index in [9.17, 15) is 4.79 Å². The van der Waals surface area contributed by atoms with Gasteiger partial charge in [0.2, 0.25) is 0 Å². The lowest BCUT2D eigenvalue weighted by Crippen LogP contribution is -2.32. The zero-order valence-electron chi connectivity index (χ0n) is 8.94. The molecule has 1 fully saturated rings. The fourth-order valence-electron chi connectivity index (χ4n) is 1.98. The minimum absolute atomic E-state index is 0.0817. The summed E-state index contributed by atoms with van der Waals surface area (Å²) in [4.78, 5) is 12.0. The quantitative estimate of drug-likeness (QED) is 0.775. The maximum atomic E-state index is 12.0. The highest BCUT2D eigenvalue weighted by Gasteiger charge is 2.45. The van der Waals surface area contributed by atoms with E-state index >= 15 is 0 Å². The van der Waals surface area contributed by atoms with Gasteiger partial charge in [-0.05, 0) is 29.7 Å². The van der Waals surface area contributed by atoms with Crippen LogP contribution in [0.3, 0.4) is 0 Å². The van der Waals surface area contributed by atoms with E-state index in [4.69, 9.17) is 5.73 Å². The molecule has 0 atom stereocenters. The van der Waals surface area contributed by atoms with Crippen molar-refractivity contribution in [3.63, 3.8) is 0 Å². The number of hydrogen-bond acceptors (Lipinski definition) is 2. The molecule has 0 aliphatic heterocycles. The molecule has 2 aromatic carbocycles. The predicted molar refractivity (Wildman–Crippen MR) is 64.4 cm³/mol. The molecular formula is C14H13NO. The van der Waals surface area contributed by atoms with Gasteiger partial charge < -0.3 is 5.73 Å². The molecule has 0 unspecified atom stereocenters. The van der Waals surface area contributed by atoms with E-state index in [0.29, 0.717) is 0 Å². The summed E-state index contributed by atoms with van der Waals surface area (Å²) in [7, 11) is 0. The summed E-state index contributed by atoms with van der Waals surface area (Å²) in [5.41, 5.74) is 6.08. The third-order valence-corrected chi connectivity index (χ3v) is 3.25. The molecule has 1 aliphatic carbocycles. The Morgan fingerprint density at radius 1 is 1.06 bits per heavy atom. The van der Waals surface area contributed by atoms with E-state index in [0.717, 1.165) is 29.2 Å². The number of fused-ring (bicyclic) bond motifs is 1. The first-order valence-corrected chi connectivity index (χ1v) is 5.52. The highest BCUT2D eigenvalue weighted by atomic mass is 16.1. The molecule has 0 bridgehead atoms. The van der Waals surface area contributed by atoms with Crippen LogP contribution in [0.25, 0.3) is 10.8 Å². The number of carbonyl (C=O) groups excluding carboxylic acids is 1. The molecule has 1 aliphatic rings. The van der Waals surface area contributed by atoms with Crippen LogP contribution in [0.1, 0.15) is 23.2 Å². The summed E-state index contributed by atoms with van der Waals surface area (Å²) in [5, 5.41) is 2.25. The Hall–Kier alpha value is -1.67. The lowest BCUT2D eigenvalue weighted by atomic mass is 10.00. The molecule has 3 rings (SSSR count). The van der Waals surface area contributed by atoms with Crippen LogP contribution in [0.15, 0.2) is 42.5 Å². The fourth-order valence-corrected chi connectivity index (χ4v) is 1.98. The Morgan fingerprint density at radius 3 is 2.44 bits per heavy atom. The molecule has 2 N–H and O–H groups in total. The van der Waals surface area contributed by atoms with Gasteiger partial charge in [-0.15, -0.1) is 0 Å². The summed E-state index contributed by atoms with van der Waals surface area (Å²) >= 11 is 0. The average Bonchev–Trinajstić information content (AvgIpc) is 3.07. The molecule has 2 nitrogen and oxygen atoms in total. The molecule has 2 heteroatoms. The number of ketones is 1. The molecule has 0 spiro atoms. The van der Waals surface area contributed by atoms with Crippen LogP contribution in [-0.2, 0) is 0 Å². The Kier molecular flexibility index (Phi) is 1.88. The molecule has 0 heterocycles. The lowest BCUT2D eigenvalue weighted by molar-refractivity contribution is 0.0949. The van der Waals surface area contributed by atoms with Crippen LogP contribution >= 0.6 is 0 Å². The Bertz CT molecular complexity index is 570. The van der Waals surface area contributed by atoms with Crippen LogP contribution in [0.5, 0.6) is 0 Å². The SMILES string of the molecule is NC1(C(=O)c2ccc3ccccc3c2)CC1. The lowest BCUT2D eigenvalue weighted by Gasteiger charge is -2.08. The first-order chi connectivity index (χ1) is 7.69. The molecule has 0 amide bonds. The summed E-state index contributed by atoms with van der Waals surface area (Å²) in [5.74, 6) is 0.0817. The third kappa shape index (κ3) is 1.42. The maximum Gasteiger partial charge on any atom is 0.182 e. The third-order valence-electron chi connectivity index (χ3n) is 3.25. The van der Waals surface area contributed by atoms with Gasteiger partial charge in [-0.3, -0.25) is 4.79 Å². The number of benzene rings is 2. The van der Waals surface area contributed by atoms with Crippen molar-refractivity contribution in [2.24, 2.45) is 5.73 Å². The van der Waals surface area contributed by atoms with Crippen LogP contribution in [0.4, 0.5) is 0 Å². The van der Waals surface area contributed by atoms with Crippen LogP contribution in [0.2, 0.25) is 0 Å². The largest absolute Gasteiger partial charge is 0.319 e. The minimum atomic E-state index is -0.567. The standard InChI is InChI=1S/C14H13NO/c15-14(7-8-14)13(16)12-6-5-10-3-1-2-4-11(10)9-12/h1-6,9H,7-8,15H2. The predicted octanol–water partition coefficient (Wildman–Crippen LogP) is 2.51. The van der Waals surface area contributed by atoms with Crippen molar-refractivity contribution in [3.05, 3.63) is 48.0 Å². The zero-order chi connectivity index (χ0) is 11.2. The molecule has 0 saturated heterocycles. The highest BCUT2D eigenvalue weighted by molar-refractivity contribution is 6.07. The van der Waals surface area contributed by atoms with E-state index in [1.54, 1.807) is 0 Å². The second-order valence-corrected chi connectivity index (χ2v) is 4.55. The number of nitrogens with two attached hydrogens (primary N) is 1. The molecular weight excluding hydrogens is 198 g/mol. The van der Waals surface area contributed by atoms with Gasteiger partial charge in [0, 0.05) is 5.56 Å². The van der Waals surface area contributed by atoms with Crippen LogP contribution < -0.4 is 5.73 Å². The van der Waals surface area contributed by atoms with E-state index in [-0.39, 0.29) is 5.78 Å². The van der Waals surface area contributed by atoms with Crippen molar-refractivity contribution in [2.45, 2.75) is 18.4 Å². The van der Waals surface area contributed by atoms with Gasteiger partial charge in [0.1, 0.15) is 0 Å². The van der Waals surface area contributed by atoms with E-state index in [1.807, 2.05) is 42.5 Å². The number of Topliss-reactive ketones (excluding diaryl/α,β-unsaturated/α-hetero) is 1. The van der Waals surface area contributed by atoms with E-state index in [1.165, 1.54) is 0 Å². The van der Waals surface area contributed by atoms with Gasteiger partial charge in [0.25, 0.3) is 0 Å². The fraction of sp³-hybridized carbons (Fsp3) is 0.214. The minimum Gasteiger partial charge on any atom is -0.319 e. The summed E-state index contributed by atoms with van der Waals surface area (Å²) in [6.45, 7) is 0. The Balaban J connectivity index is 2.08. The molecule has 80 valence electrons. The Morgan fingerprint density at radius 2 is 1.75 bits per heavy atom. The van der Waals surface area contributed by atoms with Gasteiger partial charge in [0.05, 0.1) is 5.54 Å². The first kappa shape index (κ1) is 9.55. The van der Waals surface area contributed by atoms with Crippen molar-refractivity contribution in [2.75, 3.05) is 0 Å². The molecule has 0 aromatic heterocycles. The van der Waals surface area contributed by atoms with E-state index < -0.39 is 5.54 Å². The highest BCUT2D eigenvalue weighted by Crippen LogP contribution is 2.36. The van der Waals surface area contributed by atoms with Crippen molar-refractivity contribution in [3.8, 4) is 0 Å². The van der Waals surface area contributed by atoms with Crippen molar-refractivity contribution >= 4 is 16.6 Å². The van der Waals surface area contributed by atoms with Gasteiger partial charge in [-0.25, -0.2) is 0 Å².